The molecule has 0 aliphatic rings. The molecule has 0 unspecified atom stereocenters. The Hall–Kier alpha value is -1.91. The minimum Gasteiger partial charge on any atom is -0.303 e. The molecule has 0 heterocycles. The van der Waals surface area contributed by atoms with E-state index in [9.17, 15) is 22.8 Å². The Morgan fingerprint density at radius 2 is 1.79 bits per heavy atom. The van der Waals surface area contributed by atoms with Crippen molar-refractivity contribution < 1.29 is 22.8 Å². The molecule has 0 atom stereocenters. The molecule has 1 aromatic rings. The van der Waals surface area contributed by atoms with Gasteiger partial charge in [0, 0.05) is 12.0 Å². The minimum atomic E-state index is -4.92. The van der Waals surface area contributed by atoms with Crippen LogP contribution in [0.2, 0.25) is 0 Å². The lowest BCUT2D eigenvalue weighted by Gasteiger charge is -2.08. The molecule has 1 aromatic carbocycles. The smallest absolute Gasteiger partial charge is 0.303 e. The molecule has 0 spiro atoms. The number of carbonyl (C=O) groups is 2. The number of aryl methyl sites for hydroxylation is 1. The van der Waals surface area contributed by atoms with Crippen LogP contribution in [0.5, 0.6) is 0 Å². The summed E-state index contributed by atoms with van der Waals surface area (Å²) in [5.41, 5.74) is 1.07. The van der Waals surface area contributed by atoms with Crippen LogP contribution in [0.15, 0.2) is 29.8 Å². The predicted molar refractivity (Wildman–Crippen MR) is 65.5 cm³/mol. The third-order valence-electron chi connectivity index (χ3n) is 2.50. The van der Waals surface area contributed by atoms with Crippen LogP contribution in [0, 0.1) is 6.92 Å². The highest BCUT2D eigenvalue weighted by Gasteiger charge is 2.40. The van der Waals surface area contributed by atoms with E-state index in [-0.39, 0.29) is 12.8 Å². The molecular formula is C14H13F3O2. The van der Waals surface area contributed by atoms with E-state index in [1.54, 1.807) is 24.3 Å². The molecule has 0 aromatic heterocycles. The van der Waals surface area contributed by atoms with Gasteiger partial charge in [-0.05, 0) is 25.0 Å². The average molecular weight is 270 g/mol. The van der Waals surface area contributed by atoms with E-state index < -0.39 is 17.5 Å². The van der Waals surface area contributed by atoms with Gasteiger partial charge in [0.2, 0.25) is 0 Å². The van der Waals surface area contributed by atoms with Crippen LogP contribution in [0.3, 0.4) is 0 Å². The van der Waals surface area contributed by atoms with Crippen molar-refractivity contribution in [2.24, 2.45) is 0 Å². The number of benzene rings is 1. The van der Waals surface area contributed by atoms with Crippen molar-refractivity contribution in [2.75, 3.05) is 0 Å². The van der Waals surface area contributed by atoms with Gasteiger partial charge in [-0.2, -0.15) is 13.2 Å². The quantitative estimate of drug-likeness (QED) is 0.606. The fraction of sp³-hybridized carbons (Fsp3) is 0.286. The number of halogens is 3. The van der Waals surface area contributed by atoms with Crippen molar-refractivity contribution in [3.63, 3.8) is 0 Å². The maximum atomic E-state index is 12.4. The zero-order valence-electron chi connectivity index (χ0n) is 10.3. The van der Waals surface area contributed by atoms with Gasteiger partial charge in [0.05, 0.1) is 0 Å². The molecule has 0 amide bonds. The molecule has 0 aliphatic heterocycles. The Kier molecular flexibility index (Phi) is 5.03. The number of Topliss-reactive ketones (excluding diaryl/α,β-unsaturated/α-hetero) is 1. The molecule has 0 radical (unpaired) electrons. The van der Waals surface area contributed by atoms with Crippen molar-refractivity contribution in [3.05, 3.63) is 41.0 Å². The van der Waals surface area contributed by atoms with Crippen molar-refractivity contribution in [3.8, 4) is 0 Å². The summed E-state index contributed by atoms with van der Waals surface area (Å²) in [5.74, 6) is -1.89. The molecule has 2 nitrogen and oxygen atoms in total. The normalized spacial score (nSPS) is 12.3. The summed E-state index contributed by atoms with van der Waals surface area (Å²) < 4.78 is 37.2. The molecule has 102 valence electrons. The second kappa shape index (κ2) is 6.31. The molecule has 0 saturated carbocycles. The zero-order chi connectivity index (χ0) is 14.5. The SMILES string of the molecule is Cc1ccc(/C=C(\CCC=O)C(=O)C(F)(F)F)cc1. The lowest BCUT2D eigenvalue weighted by atomic mass is 10.0. The fourth-order valence-corrected chi connectivity index (χ4v) is 1.51. The van der Waals surface area contributed by atoms with Gasteiger partial charge in [0.1, 0.15) is 6.29 Å². The topological polar surface area (TPSA) is 34.1 Å². The molecule has 0 fully saturated rings. The van der Waals surface area contributed by atoms with Crippen molar-refractivity contribution in [1.29, 1.82) is 0 Å². The van der Waals surface area contributed by atoms with Gasteiger partial charge >= 0.3 is 6.18 Å². The summed E-state index contributed by atoms with van der Waals surface area (Å²) in [7, 11) is 0. The first-order valence-electron chi connectivity index (χ1n) is 5.67. The third kappa shape index (κ3) is 4.69. The third-order valence-corrected chi connectivity index (χ3v) is 2.50. The van der Waals surface area contributed by atoms with E-state index >= 15 is 0 Å². The first-order valence-corrected chi connectivity index (χ1v) is 5.67. The number of allylic oxidation sites excluding steroid dienone is 1. The Morgan fingerprint density at radius 1 is 1.21 bits per heavy atom. The van der Waals surface area contributed by atoms with Gasteiger partial charge in [0.15, 0.2) is 0 Å². The monoisotopic (exact) mass is 270 g/mol. The van der Waals surface area contributed by atoms with E-state index in [1.165, 1.54) is 6.08 Å². The van der Waals surface area contributed by atoms with Gasteiger partial charge in [-0.1, -0.05) is 29.8 Å². The van der Waals surface area contributed by atoms with E-state index in [0.717, 1.165) is 5.56 Å². The molecular weight excluding hydrogens is 257 g/mol. The van der Waals surface area contributed by atoms with Crippen LogP contribution in [0.1, 0.15) is 24.0 Å². The summed E-state index contributed by atoms with van der Waals surface area (Å²) in [6, 6.07) is 6.72. The number of rotatable bonds is 5. The number of alkyl halides is 3. The van der Waals surface area contributed by atoms with Crippen LogP contribution < -0.4 is 0 Å². The Bertz CT molecular complexity index is 484. The first-order chi connectivity index (χ1) is 8.84. The number of carbonyl (C=O) groups excluding carboxylic acids is 2. The summed E-state index contributed by atoms with van der Waals surface area (Å²) in [4.78, 5) is 21.5. The van der Waals surface area contributed by atoms with E-state index in [0.29, 0.717) is 11.8 Å². The van der Waals surface area contributed by atoms with Crippen LogP contribution in [0.4, 0.5) is 13.2 Å². The summed E-state index contributed by atoms with van der Waals surface area (Å²) in [6.45, 7) is 1.85. The van der Waals surface area contributed by atoms with Crippen molar-refractivity contribution >= 4 is 18.1 Å². The van der Waals surface area contributed by atoms with Crippen molar-refractivity contribution in [2.45, 2.75) is 25.9 Å². The Balaban J connectivity index is 3.05. The molecule has 19 heavy (non-hydrogen) atoms. The highest BCUT2D eigenvalue weighted by Crippen LogP contribution is 2.24. The van der Waals surface area contributed by atoms with Crippen molar-refractivity contribution in [1.82, 2.24) is 0 Å². The summed E-state index contributed by atoms with van der Waals surface area (Å²) >= 11 is 0. The Labute approximate surface area is 108 Å². The average Bonchev–Trinajstić information content (AvgIpc) is 2.35. The molecule has 5 heteroatoms. The first kappa shape index (κ1) is 15.1. The van der Waals surface area contributed by atoms with Crippen LogP contribution >= 0.6 is 0 Å². The number of hydrogen-bond donors (Lipinski definition) is 0. The van der Waals surface area contributed by atoms with Crippen LogP contribution in [-0.4, -0.2) is 18.2 Å². The standard InChI is InChI=1S/C14H13F3O2/c1-10-4-6-11(7-5-10)9-12(3-2-8-18)13(19)14(15,16)17/h4-9H,2-3H2,1H3/b12-9+. The highest BCUT2D eigenvalue weighted by molar-refractivity contribution is 6.03. The fourth-order valence-electron chi connectivity index (χ4n) is 1.51. The second-order valence-electron chi connectivity index (χ2n) is 4.11. The molecule has 0 saturated heterocycles. The largest absolute Gasteiger partial charge is 0.454 e. The van der Waals surface area contributed by atoms with Gasteiger partial charge in [0.25, 0.3) is 5.78 Å². The lowest BCUT2D eigenvalue weighted by Crippen LogP contribution is -2.24. The molecule has 0 N–H and O–H groups in total. The van der Waals surface area contributed by atoms with Gasteiger partial charge in [-0.3, -0.25) is 4.79 Å². The summed E-state index contributed by atoms with van der Waals surface area (Å²) in [5, 5.41) is 0. The van der Waals surface area contributed by atoms with Gasteiger partial charge < -0.3 is 4.79 Å². The zero-order valence-corrected chi connectivity index (χ0v) is 10.3. The minimum absolute atomic E-state index is 0.112. The number of ketones is 1. The predicted octanol–water partition coefficient (Wildman–Crippen LogP) is 3.49. The maximum Gasteiger partial charge on any atom is 0.454 e. The number of aldehydes is 1. The van der Waals surface area contributed by atoms with E-state index in [4.69, 9.17) is 0 Å². The van der Waals surface area contributed by atoms with E-state index in [1.807, 2.05) is 6.92 Å². The molecule has 1 rings (SSSR count). The lowest BCUT2D eigenvalue weighted by molar-refractivity contribution is -0.166. The van der Waals surface area contributed by atoms with Crippen LogP contribution in [0.25, 0.3) is 6.08 Å². The second-order valence-corrected chi connectivity index (χ2v) is 4.11. The Morgan fingerprint density at radius 3 is 2.26 bits per heavy atom. The van der Waals surface area contributed by atoms with E-state index in [2.05, 4.69) is 0 Å². The van der Waals surface area contributed by atoms with Crippen LogP contribution in [-0.2, 0) is 9.59 Å². The van der Waals surface area contributed by atoms with Gasteiger partial charge in [-0.25, -0.2) is 0 Å². The summed E-state index contributed by atoms with van der Waals surface area (Å²) in [6.07, 6.45) is -3.57. The van der Waals surface area contributed by atoms with Gasteiger partial charge in [-0.15, -0.1) is 0 Å². The molecule has 0 bridgehead atoms. The molecule has 0 aliphatic carbocycles. The number of hydrogen-bond acceptors (Lipinski definition) is 2. The maximum absolute atomic E-state index is 12.4. The highest BCUT2D eigenvalue weighted by atomic mass is 19.4.